The van der Waals surface area contributed by atoms with E-state index in [0.717, 1.165) is 18.4 Å². The van der Waals surface area contributed by atoms with Crippen LogP contribution in [-0.2, 0) is 9.59 Å². The standard InChI is InChI=1S/C17H18N4O3/c22-15-4-3-13(17(23)19-14-7-10-24-20-14)16(21(15)12-1-2-12)11-5-8-18-9-6-11/h5-10,12-13,16H,1-4H2,(H,19,20,23)/t13-,16+/m0/s1. The molecule has 2 amide bonds. The third-order valence-corrected chi connectivity index (χ3v) is 4.65. The van der Waals surface area contributed by atoms with Crippen LogP contribution in [0.1, 0.15) is 37.3 Å². The molecule has 0 spiro atoms. The topological polar surface area (TPSA) is 88.3 Å². The molecule has 2 atom stereocenters. The zero-order chi connectivity index (χ0) is 16.5. The van der Waals surface area contributed by atoms with E-state index in [-0.39, 0.29) is 29.8 Å². The van der Waals surface area contributed by atoms with Crippen LogP contribution >= 0.6 is 0 Å². The van der Waals surface area contributed by atoms with Gasteiger partial charge in [0.2, 0.25) is 11.8 Å². The Labute approximate surface area is 139 Å². The molecular formula is C17H18N4O3. The monoisotopic (exact) mass is 326 g/mol. The summed E-state index contributed by atoms with van der Waals surface area (Å²) in [6.45, 7) is 0. The van der Waals surface area contributed by atoms with E-state index in [2.05, 4.69) is 15.5 Å². The lowest BCUT2D eigenvalue weighted by molar-refractivity contribution is -0.142. The Morgan fingerprint density at radius 1 is 1.21 bits per heavy atom. The maximum Gasteiger partial charge on any atom is 0.231 e. The zero-order valence-electron chi connectivity index (χ0n) is 13.1. The minimum absolute atomic E-state index is 0.129. The first-order chi connectivity index (χ1) is 11.7. The minimum atomic E-state index is -0.317. The van der Waals surface area contributed by atoms with Gasteiger partial charge < -0.3 is 14.7 Å². The second-order valence-corrected chi connectivity index (χ2v) is 6.28. The maximum atomic E-state index is 12.8. The molecule has 1 aliphatic carbocycles. The fourth-order valence-corrected chi connectivity index (χ4v) is 3.42. The molecule has 0 radical (unpaired) electrons. The van der Waals surface area contributed by atoms with Gasteiger partial charge in [0.25, 0.3) is 0 Å². The summed E-state index contributed by atoms with van der Waals surface area (Å²) in [5.41, 5.74) is 0.949. The molecule has 2 aromatic heterocycles. The summed E-state index contributed by atoms with van der Waals surface area (Å²) in [6.07, 6.45) is 7.75. The first-order valence-corrected chi connectivity index (χ1v) is 8.16. The molecule has 1 saturated heterocycles. The Balaban J connectivity index is 1.65. The van der Waals surface area contributed by atoms with Crippen LogP contribution in [0.15, 0.2) is 41.4 Å². The summed E-state index contributed by atoms with van der Waals surface area (Å²) in [5, 5.41) is 6.52. The first-order valence-electron chi connectivity index (χ1n) is 8.16. The normalized spacial score (nSPS) is 24.0. The molecule has 4 rings (SSSR count). The summed E-state index contributed by atoms with van der Waals surface area (Å²) >= 11 is 0. The van der Waals surface area contributed by atoms with Crippen LogP contribution in [0.2, 0.25) is 0 Å². The number of aromatic nitrogens is 2. The third kappa shape index (κ3) is 2.77. The van der Waals surface area contributed by atoms with E-state index < -0.39 is 0 Å². The largest absolute Gasteiger partial charge is 0.363 e. The summed E-state index contributed by atoms with van der Waals surface area (Å²) < 4.78 is 4.76. The van der Waals surface area contributed by atoms with Crippen molar-refractivity contribution >= 4 is 17.6 Å². The fourth-order valence-electron chi connectivity index (χ4n) is 3.42. The number of carbonyl (C=O) groups excluding carboxylic acids is 2. The molecule has 0 unspecified atom stereocenters. The van der Waals surface area contributed by atoms with Crippen LogP contribution in [0.4, 0.5) is 5.82 Å². The molecule has 1 aliphatic heterocycles. The highest BCUT2D eigenvalue weighted by molar-refractivity contribution is 5.94. The van der Waals surface area contributed by atoms with E-state index in [1.165, 1.54) is 6.26 Å². The minimum Gasteiger partial charge on any atom is -0.363 e. The van der Waals surface area contributed by atoms with Gasteiger partial charge in [0.05, 0.1) is 12.0 Å². The van der Waals surface area contributed by atoms with Gasteiger partial charge in [-0.25, -0.2) is 0 Å². The number of nitrogens with one attached hydrogen (secondary N) is 1. The highest BCUT2D eigenvalue weighted by Gasteiger charge is 2.46. The molecule has 7 heteroatoms. The molecular weight excluding hydrogens is 308 g/mol. The molecule has 1 N–H and O–H groups in total. The molecule has 3 heterocycles. The van der Waals surface area contributed by atoms with Crippen LogP contribution in [0.5, 0.6) is 0 Å². The molecule has 124 valence electrons. The molecule has 2 aromatic rings. The number of hydrogen-bond donors (Lipinski definition) is 1. The van der Waals surface area contributed by atoms with E-state index in [1.54, 1.807) is 18.5 Å². The number of amides is 2. The summed E-state index contributed by atoms with van der Waals surface area (Å²) in [5.74, 6) is 0.0689. The lowest BCUT2D eigenvalue weighted by atomic mass is 9.83. The number of likely N-dealkylation sites (tertiary alicyclic amines) is 1. The molecule has 7 nitrogen and oxygen atoms in total. The number of carbonyl (C=O) groups is 2. The molecule has 0 aromatic carbocycles. The van der Waals surface area contributed by atoms with Crippen molar-refractivity contribution < 1.29 is 14.1 Å². The van der Waals surface area contributed by atoms with Crippen molar-refractivity contribution in [2.24, 2.45) is 5.92 Å². The van der Waals surface area contributed by atoms with Gasteiger partial charge in [0.1, 0.15) is 6.26 Å². The SMILES string of the molecule is O=C(Nc1ccon1)[C@H]1CCC(=O)N(C2CC2)[C@@H]1c1ccncc1. The van der Waals surface area contributed by atoms with Crippen molar-refractivity contribution in [1.29, 1.82) is 0 Å². The van der Waals surface area contributed by atoms with E-state index >= 15 is 0 Å². The first kappa shape index (κ1) is 14.9. The highest BCUT2D eigenvalue weighted by Crippen LogP contribution is 2.43. The quantitative estimate of drug-likeness (QED) is 0.930. The molecule has 2 fully saturated rings. The number of nitrogens with zero attached hydrogens (tertiary/aromatic N) is 3. The van der Waals surface area contributed by atoms with Crippen molar-refractivity contribution in [1.82, 2.24) is 15.0 Å². The molecule has 0 bridgehead atoms. The van der Waals surface area contributed by atoms with Crippen LogP contribution in [0.3, 0.4) is 0 Å². The Morgan fingerprint density at radius 3 is 2.67 bits per heavy atom. The van der Waals surface area contributed by atoms with Crippen molar-refractivity contribution in [3.63, 3.8) is 0 Å². The number of hydrogen-bond acceptors (Lipinski definition) is 5. The summed E-state index contributed by atoms with van der Waals surface area (Å²) in [4.78, 5) is 31.3. The van der Waals surface area contributed by atoms with Crippen molar-refractivity contribution in [2.45, 2.75) is 37.8 Å². The second-order valence-electron chi connectivity index (χ2n) is 6.28. The summed E-state index contributed by atoms with van der Waals surface area (Å²) in [6, 6.07) is 5.36. The van der Waals surface area contributed by atoms with Crippen molar-refractivity contribution in [3.05, 3.63) is 42.4 Å². The zero-order valence-corrected chi connectivity index (χ0v) is 13.1. The van der Waals surface area contributed by atoms with E-state index in [1.807, 2.05) is 17.0 Å². The van der Waals surface area contributed by atoms with Crippen molar-refractivity contribution in [3.8, 4) is 0 Å². The molecule has 1 saturated carbocycles. The number of anilines is 1. The van der Waals surface area contributed by atoms with Gasteiger partial charge in [-0.05, 0) is 37.0 Å². The number of piperidine rings is 1. The van der Waals surface area contributed by atoms with Gasteiger partial charge in [-0.15, -0.1) is 0 Å². The van der Waals surface area contributed by atoms with Crippen molar-refractivity contribution in [2.75, 3.05) is 5.32 Å². The Morgan fingerprint density at radius 2 is 2.00 bits per heavy atom. The molecule has 24 heavy (non-hydrogen) atoms. The lowest BCUT2D eigenvalue weighted by Crippen LogP contribution is -2.47. The maximum absolute atomic E-state index is 12.8. The second kappa shape index (κ2) is 6.07. The van der Waals surface area contributed by atoms with Gasteiger partial charge in [0.15, 0.2) is 5.82 Å². The predicted octanol–water partition coefficient (Wildman–Crippen LogP) is 2.15. The fraction of sp³-hybridized carbons (Fsp3) is 0.412. The smallest absolute Gasteiger partial charge is 0.231 e. The predicted molar refractivity (Wildman–Crippen MR) is 84.7 cm³/mol. The van der Waals surface area contributed by atoms with Crippen LogP contribution in [0, 0.1) is 5.92 Å². The third-order valence-electron chi connectivity index (χ3n) is 4.65. The lowest BCUT2D eigenvalue weighted by Gasteiger charge is -2.41. The van der Waals surface area contributed by atoms with Gasteiger partial charge in [-0.1, -0.05) is 5.16 Å². The Bertz CT molecular complexity index is 728. The van der Waals surface area contributed by atoms with Crippen LogP contribution in [0.25, 0.3) is 0 Å². The van der Waals surface area contributed by atoms with E-state index in [9.17, 15) is 9.59 Å². The van der Waals surface area contributed by atoms with E-state index in [4.69, 9.17) is 4.52 Å². The van der Waals surface area contributed by atoms with Gasteiger partial charge in [-0.3, -0.25) is 14.6 Å². The van der Waals surface area contributed by atoms with Gasteiger partial charge in [0, 0.05) is 30.9 Å². The van der Waals surface area contributed by atoms with Gasteiger partial charge in [-0.2, -0.15) is 0 Å². The highest BCUT2D eigenvalue weighted by atomic mass is 16.5. The van der Waals surface area contributed by atoms with Crippen LogP contribution < -0.4 is 5.32 Å². The number of rotatable bonds is 4. The average molecular weight is 326 g/mol. The summed E-state index contributed by atoms with van der Waals surface area (Å²) in [7, 11) is 0. The Hall–Kier alpha value is -2.70. The van der Waals surface area contributed by atoms with Gasteiger partial charge >= 0.3 is 0 Å². The van der Waals surface area contributed by atoms with Crippen LogP contribution in [-0.4, -0.2) is 32.9 Å². The molecule has 2 aliphatic rings. The Kier molecular flexibility index (Phi) is 3.76. The number of pyridine rings is 1. The van der Waals surface area contributed by atoms with E-state index in [0.29, 0.717) is 18.7 Å². The average Bonchev–Trinajstić information content (AvgIpc) is 3.31.